The van der Waals surface area contributed by atoms with E-state index >= 15 is 0 Å². The van der Waals surface area contributed by atoms with Gasteiger partial charge in [0.1, 0.15) is 11.6 Å². The molecule has 28 heavy (non-hydrogen) atoms. The van der Waals surface area contributed by atoms with Gasteiger partial charge < -0.3 is 14.6 Å². The number of amides is 1. The maximum atomic E-state index is 12.1. The second-order valence-electron chi connectivity index (χ2n) is 7.08. The summed E-state index contributed by atoms with van der Waals surface area (Å²) in [5.74, 6) is 2.15. The summed E-state index contributed by atoms with van der Waals surface area (Å²) in [6, 6.07) is 5.88. The number of nitrogens with one attached hydrogen (secondary N) is 1. The molecule has 1 N–H and O–H groups in total. The number of hydrogen-bond donors (Lipinski definition) is 1. The molecule has 0 aliphatic carbocycles. The third kappa shape index (κ3) is 6.41. The minimum atomic E-state index is -0.114. The van der Waals surface area contributed by atoms with Gasteiger partial charge in [-0.25, -0.2) is 0 Å². The Hall–Kier alpha value is -2.28. The maximum Gasteiger partial charge on any atom is 0.244 e. The number of hydrogen-bond acceptors (Lipinski definition) is 5. The lowest BCUT2D eigenvalue weighted by Crippen LogP contribution is -2.23. The fraction of sp³-hybridized carbons (Fsp3) is 0.476. The fourth-order valence-electron chi connectivity index (χ4n) is 2.87. The minimum Gasteiger partial charge on any atom is -0.496 e. The minimum absolute atomic E-state index is 0.114. The molecule has 0 saturated heterocycles. The second-order valence-corrected chi connectivity index (χ2v) is 7.85. The van der Waals surface area contributed by atoms with Gasteiger partial charge in [0.05, 0.1) is 7.11 Å². The Kier molecular flexibility index (Phi) is 8.57. The molecule has 0 spiro atoms. The number of benzene rings is 1. The van der Waals surface area contributed by atoms with Gasteiger partial charge in [-0.2, -0.15) is 0 Å². The van der Waals surface area contributed by atoms with E-state index in [4.69, 9.17) is 4.74 Å². The van der Waals surface area contributed by atoms with Crippen molar-refractivity contribution in [3.05, 3.63) is 41.2 Å². The molecular weight excluding hydrogens is 372 g/mol. The van der Waals surface area contributed by atoms with Gasteiger partial charge in [0, 0.05) is 31.1 Å². The number of carbonyl (C=O) groups excluding carboxylic acids is 1. The first-order chi connectivity index (χ1) is 13.4. The van der Waals surface area contributed by atoms with Crippen LogP contribution in [0.15, 0.2) is 29.4 Å². The Bertz CT molecular complexity index is 815. The number of rotatable bonds is 10. The van der Waals surface area contributed by atoms with Crippen molar-refractivity contribution in [3.8, 4) is 5.75 Å². The van der Waals surface area contributed by atoms with Crippen LogP contribution in [0.25, 0.3) is 6.08 Å². The normalized spacial score (nSPS) is 11.4. The molecule has 7 heteroatoms. The number of nitrogens with zero attached hydrogens (tertiary/aromatic N) is 3. The molecule has 0 bridgehead atoms. The van der Waals surface area contributed by atoms with Crippen LogP contribution >= 0.6 is 11.8 Å². The number of ether oxygens (including phenoxy) is 1. The van der Waals surface area contributed by atoms with E-state index in [9.17, 15) is 4.79 Å². The van der Waals surface area contributed by atoms with Crippen LogP contribution in [0.3, 0.4) is 0 Å². The average Bonchev–Trinajstić information content (AvgIpc) is 3.04. The first-order valence-corrected chi connectivity index (χ1v) is 10.7. The van der Waals surface area contributed by atoms with Crippen molar-refractivity contribution in [2.75, 3.05) is 19.9 Å². The maximum absolute atomic E-state index is 12.1. The lowest BCUT2D eigenvalue weighted by Gasteiger charge is -2.11. The molecule has 0 atom stereocenters. The number of aromatic nitrogens is 3. The van der Waals surface area contributed by atoms with Gasteiger partial charge in [-0.3, -0.25) is 4.79 Å². The lowest BCUT2D eigenvalue weighted by molar-refractivity contribution is -0.116. The van der Waals surface area contributed by atoms with Gasteiger partial charge in [-0.1, -0.05) is 37.2 Å². The summed E-state index contributed by atoms with van der Waals surface area (Å²) in [4.78, 5) is 12.1. The third-order valence-corrected chi connectivity index (χ3v) is 4.87. The molecule has 152 valence electrons. The first-order valence-electron chi connectivity index (χ1n) is 9.51. The Balaban J connectivity index is 1.85. The summed E-state index contributed by atoms with van der Waals surface area (Å²) < 4.78 is 7.51. The van der Waals surface area contributed by atoms with Crippen molar-refractivity contribution in [2.45, 2.75) is 45.3 Å². The Morgan fingerprint density at radius 1 is 1.36 bits per heavy atom. The Morgan fingerprint density at radius 2 is 2.14 bits per heavy atom. The van der Waals surface area contributed by atoms with Crippen molar-refractivity contribution in [1.82, 2.24) is 20.1 Å². The quantitative estimate of drug-likeness (QED) is 0.372. The zero-order chi connectivity index (χ0) is 20.5. The highest BCUT2D eigenvalue weighted by atomic mass is 32.2. The highest BCUT2D eigenvalue weighted by Gasteiger charge is 2.12. The summed E-state index contributed by atoms with van der Waals surface area (Å²) in [6.45, 7) is 7.88. The highest BCUT2D eigenvalue weighted by Crippen LogP contribution is 2.21. The van der Waals surface area contributed by atoms with Crippen LogP contribution in [0.5, 0.6) is 5.75 Å². The number of thioether (sulfide) groups is 1. The van der Waals surface area contributed by atoms with Crippen LogP contribution < -0.4 is 10.1 Å². The van der Waals surface area contributed by atoms with Crippen molar-refractivity contribution in [1.29, 1.82) is 0 Å². The van der Waals surface area contributed by atoms with Gasteiger partial charge in [-0.15, -0.1) is 10.2 Å². The molecule has 1 heterocycles. The van der Waals surface area contributed by atoms with Crippen molar-refractivity contribution in [2.24, 2.45) is 5.92 Å². The number of methoxy groups -OCH3 is 1. The molecule has 6 nitrogen and oxygen atoms in total. The van der Waals surface area contributed by atoms with Gasteiger partial charge in [0.15, 0.2) is 5.16 Å². The van der Waals surface area contributed by atoms with Crippen LogP contribution in [-0.4, -0.2) is 40.6 Å². The van der Waals surface area contributed by atoms with Crippen LogP contribution in [-0.2, 0) is 17.8 Å². The predicted molar refractivity (Wildman–Crippen MR) is 115 cm³/mol. The fourth-order valence-corrected chi connectivity index (χ4v) is 3.39. The largest absolute Gasteiger partial charge is 0.496 e. The SMILES string of the molecule is COc1ccc(C)cc1C=CC(=O)NCCCc1nnc(SC)n1CC(C)C. The molecule has 1 aromatic carbocycles. The van der Waals surface area contributed by atoms with Gasteiger partial charge in [-0.05, 0) is 43.7 Å². The Labute approximate surface area is 171 Å². The standard InChI is InChI=1S/C21H30N4O2S/c1-15(2)14-25-19(23-24-21(25)28-5)7-6-12-22-20(26)11-9-17-13-16(3)8-10-18(17)27-4/h8-11,13,15H,6-7,12,14H2,1-5H3,(H,22,26). The first kappa shape index (κ1) is 22.0. The molecule has 0 fully saturated rings. The summed E-state index contributed by atoms with van der Waals surface area (Å²) >= 11 is 1.61. The van der Waals surface area contributed by atoms with E-state index < -0.39 is 0 Å². The highest BCUT2D eigenvalue weighted by molar-refractivity contribution is 7.98. The molecule has 1 aromatic heterocycles. The van der Waals surface area contributed by atoms with E-state index in [2.05, 4.69) is 33.9 Å². The predicted octanol–water partition coefficient (Wildman–Crippen LogP) is 3.74. The average molecular weight is 403 g/mol. The molecular formula is C21H30N4O2S. The van der Waals surface area contributed by atoms with Crippen molar-refractivity contribution < 1.29 is 9.53 Å². The molecule has 0 saturated carbocycles. The molecule has 0 radical (unpaired) electrons. The van der Waals surface area contributed by atoms with Crippen molar-refractivity contribution >= 4 is 23.7 Å². The zero-order valence-electron chi connectivity index (χ0n) is 17.4. The smallest absolute Gasteiger partial charge is 0.244 e. The van der Waals surface area contributed by atoms with E-state index in [0.717, 1.165) is 47.2 Å². The van der Waals surface area contributed by atoms with E-state index in [1.165, 1.54) is 0 Å². The van der Waals surface area contributed by atoms with Crippen LogP contribution in [0.2, 0.25) is 0 Å². The molecule has 0 aliphatic heterocycles. The summed E-state index contributed by atoms with van der Waals surface area (Å²) in [6.07, 6.45) is 6.95. The van der Waals surface area contributed by atoms with Crippen molar-refractivity contribution in [3.63, 3.8) is 0 Å². The van der Waals surface area contributed by atoms with Gasteiger partial charge >= 0.3 is 0 Å². The molecule has 0 aliphatic rings. The van der Waals surface area contributed by atoms with Crippen LogP contribution in [0, 0.1) is 12.8 Å². The summed E-state index contributed by atoms with van der Waals surface area (Å²) in [5, 5.41) is 12.4. The van der Waals surface area contributed by atoms with Crippen LogP contribution in [0.1, 0.15) is 37.2 Å². The monoisotopic (exact) mass is 402 g/mol. The molecule has 0 unspecified atom stereocenters. The summed E-state index contributed by atoms with van der Waals surface area (Å²) in [5.41, 5.74) is 2.01. The number of carbonyl (C=O) groups is 1. The molecule has 1 amide bonds. The summed E-state index contributed by atoms with van der Waals surface area (Å²) in [7, 11) is 1.63. The lowest BCUT2D eigenvalue weighted by atomic mass is 10.1. The topological polar surface area (TPSA) is 69.0 Å². The van der Waals surface area contributed by atoms with E-state index in [-0.39, 0.29) is 5.91 Å². The van der Waals surface area contributed by atoms with Gasteiger partial charge in [0.2, 0.25) is 5.91 Å². The number of aryl methyl sites for hydroxylation is 2. The van der Waals surface area contributed by atoms with E-state index in [1.54, 1.807) is 31.0 Å². The molecule has 2 rings (SSSR count). The third-order valence-electron chi connectivity index (χ3n) is 4.20. The van der Waals surface area contributed by atoms with Gasteiger partial charge in [0.25, 0.3) is 0 Å². The van der Waals surface area contributed by atoms with E-state index in [0.29, 0.717) is 12.5 Å². The second kappa shape index (κ2) is 10.9. The zero-order valence-corrected chi connectivity index (χ0v) is 18.2. The van der Waals surface area contributed by atoms with Crippen LogP contribution in [0.4, 0.5) is 0 Å². The van der Waals surface area contributed by atoms with E-state index in [1.807, 2.05) is 31.4 Å². The Morgan fingerprint density at radius 3 is 2.82 bits per heavy atom. The molecule has 2 aromatic rings.